The molecule has 11 aromatic rings. The smallest absolute Gasteiger partial charge is 0.258 e. The molecule has 13 rings (SSSR count). The average Bonchev–Trinajstić information content (AvgIpc) is 3.84. The third-order valence-electron chi connectivity index (χ3n) is 13.3. The van der Waals surface area contributed by atoms with E-state index in [1.54, 1.807) is 0 Å². The van der Waals surface area contributed by atoms with Crippen molar-refractivity contribution in [3.05, 3.63) is 218 Å². The van der Waals surface area contributed by atoms with E-state index in [1.807, 2.05) is 0 Å². The average molecular weight is 769 g/mol. The summed E-state index contributed by atoms with van der Waals surface area (Å²) >= 11 is 0. The highest BCUT2D eigenvalue weighted by Gasteiger charge is 2.53. The van der Waals surface area contributed by atoms with Crippen molar-refractivity contribution >= 4 is 91.2 Å². The van der Waals surface area contributed by atoms with Crippen molar-refractivity contribution in [3.8, 4) is 22.3 Å². The Morgan fingerprint density at radius 3 is 0.931 bits per heavy atom. The number of nitrogens with zero attached hydrogens (tertiary/aromatic N) is 2. The minimum atomic E-state index is -2.99. The van der Waals surface area contributed by atoms with Gasteiger partial charge in [0.25, 0.3) is 16.5 Å². The second-order valence-electron chi connectivity index (χ2n) is 15.9. The monoisotopic (exact) mass is 768 g/mol. The molecule has 4 heteroatoms. The molecule has 0 saturated heterocycles. The Balaban J connectivity index is 1.38. The molecule has 2 aliphatic rings. The zero-order valence-corrected chi connectivity index (χ0v) is 33.7. The summed E-state index contributed by atoms with van der Waals surface area (Å²) in [5.74, 6) is 0. The molecule has 2 aromatic heterocycles. The van der Waals surface area contributed by atoms with Crippen LogP contribution >= 0.6 is 0 Å². The van der Waals surface area contributed by atoms with E-state index in [9.17, 15) is 0 Å². The number of para-hydroxylation sites is 2. The molecule has 0 fully saturated rings. The minimum absolute atomic E-state index is 1.30. The zero-order chi connectivity index (χ0) is 38.0. The number of benzene rings is 9. The van der Waals surface area contributed by atoms with Crippen LogP contribution in [0.15, 0.2) is 218 Å². The third kappa shape index (κ3) is 3.77. The summed E-state index contributed by atoms with van der Waals surface area (Å²) in [5, 5.41) is 13.8. The van der Waals surface area contributed by atoms with Crippen LogP contribution in [0.1, 0.15) is 0 Å². The van der Waals surface area contributed by atoms with Crippen molar-refractivity contribution in [3.63, 3.8) is 0 Å². The summed E-state index contributed by atoms with van der Waals surface area (Å²) in [6.07, 6.45) is 0. The maximum Gasteiger partial charge on any atom is 0.258 e. The second-order valence-corrected chi connectivity index (χ2v) is 23.0. The van der Waals surface area contributed by atoms with Gasteiger partial charge in [0.15, 0.2) is 0 Å². The largest absolute Gasteiger partial charge is 0.355 e. The van der Waals surface area contributed by atoms with Crippen molar-refractivity contribution < 1.29 is 0 Å². The molecule has 0 saturated carbocycles. The zero-order valence-electron chi connectivity index (χ0n) is 31.7. The first-order valence-corrected chi connectivity index (χ1v) is 24.2. The second kappa shape index (κ2) is 11.8. The number of aromatic nitrogens is 2. The maximum atomic E-state index is 2.87. The molecular formula is C54H36N2Si2. The number of hydrogen-bond acceptors (Lipinski definition) is 0. The molecule has 0 amide bonds. The molecule has 2 nitrogen and oxygen atoms in total. The number of fused-ring (bicyclic) bond motifs is 12. The van der Waals surface area contributed by atoms with Gasteiger partial charge in [0.05, 0.1) is 11.0 Å². The summed E-state index contributed by atoms with van der Waals surface area (Å²) in [5.41, 5.74) is 10.7. The van der Waals surface area contributed by atoms with Crippen molar-refractivity contribution in [2.45, 2.75) is 0 Å². The Labute approximate surface area is 338 Å². The summed E-state index contributed by atoms with van der Waals surface area (Å²) in [6, 6.07) is 83.2. The highest BCUT2D eigenvalue weighted by molar-refractivity contribution is 7.13. The number of hydrogen-bond donors (Lipinski definition) is 0. The molecule has 4 heterocycles. The molecule has 58 heavy (non-hydrogen) atoms. The van der Waals surface area contributed by atoms with Crippen LogP contribution in [0, 0.1) is 0 Å². The van der Waals surface area contributed by atoms with E-state index < -0.39 is 16.5 Å². The van der Waals surface area contributed by atoms with Crippen LogP contribution in [-0.4, -0.2) is 24.9 Å². The Morgan fingerprint density at radius 2 is 0.569 bits per heavy atom. The van der Waals surface area contributed by atoms with Crippen molar-refractivity contribution in [1.82, 2.24) is 8.47 Å². The first kappa shape index (κ1) is 32.1. The highest BCUT2D eigenvalue weighted by atomic mass is 28.3. The van der Waals surface area contributed by atoms with E-state index in [0.717, 1.165) is 0 Å². The predicted molar refractivity (Wildman–Crippen MR) is 249 cm³/mol. The molecule has 0 bridgehead atoms. The molecule has 0 spiro atoms. The van der Waals surface area contributed by atoms with E-state index in [2.05, 4.69) is 227 Å². The van der Waals surface area contributed by atoms with Gasteiger partial charge in [-0.1, -0.05) is 206 Å². The van der Waals surface area contributed by atoms with Gasteiger partial charge in [-0.25, -0.2) is 0 Å². The van der Waals surface area contributed by atoms with Gasteiger partial charge in [-0.05, 0) is 54.4 Å². The van der Waals surface area contributed by atoms with E-state index >= 15 is 0 Å². The lowest BCUT2D eigenvalue weighted by atomic mass is 9.90. The summed E-state index contributed by atoms with van der Waals surface area (Å²) in [4.78, 5) is 0. The Bertz CT molecular complexity index is 3130. The van der Waals surface area contributed by atoms with Gasteiger partial charge in [-0.2, -0.15) is 0 Å². The van der Waals surface area contributed by atoms with Gasteiger partial charge in [-0.15, -0.1) is 0 Å². The van der Waals surface area contributed by atoms with Gasteiger partial charge < -0.3 is 8.47 Å². The van der Waals surface area contributed by atoms with Crippen molar-refractivity contribution in [1.29, 1.82) is 0 Å². The fourth-order valence-electron chi connectivity index (χ4n) is 11.4. The highest BCUT2D eigenvalue weighted by Crippen LogP contribution is 2.54. The molecule has 0 atom stereocenters. The Kier molecular flexibility index (Phi) is 6.52. The van der Waals surface area contributed by atoms with Gasteiger partial charge in [0.1, 0.15) is 0 Å². The molecule has 270 valence electrons. The lowest BCUT2D eigenvalue weighted by Crippen LogP contribution is -2.73. The molecule has 0 N–H and O–H groups in total. The normalized spacial score (nSPS) is 14.5. The third-order valence-corrected chi connectivity index (χ3v) is 22.7. The SMILES string of the molecule is c1ccc([Si]2(c3ccccc3)c3ccccc3-c3c4c5ccccc5n5c4c(c4c6ccccc6n2c34)-c2ccccc2[Si]5(c2ccccc2)c2ccccc2)cc1. The van der Waals surface area contributed by atoms with Crippen LogP contribution in [0.5, 0.6) is 0 Å². The van der Waals surface area contributed by atoms with Gasteiger partial charge in [0.2, 0.25) is 0 Å². The summed E-state index contributed by atoms with van der Waals surface area (Å²) in [7, 11) is -5.98. The first-order valence-electron chi connectivity index (χ1n) is 20.3. The quantitative estimate of drug-likeness (QED) is 0.159. The Morgan fingerprint density at radius 1 is 0.276 bits per heavy atom. The van der Waals surface area contributed by atoms with Crippen LogP contribution < -0.4 is 31.1 Å². The molecule has 2 aliphatic heterocycles. The summed E-state index contributed by atoms with van der Waals surface area (Å²) < 4.78 is 5.75. The van der Waals surface area contributed by atoms with Gasteiger partial charge in [-0.3, -0.25) is 0 Å². The lowest BCUT2D eigenvalue weighted by molar-refractivity contribution is 1.28. The fourth-order valence-corrected chi connectivity index (χ4v) is 21.6. The lowest BCUT2D eigenvalue weighted by Gasteiger charge is -2.43. The fraction of sp³-hybridized carbons (Fsp3) is 0. The van der Waals surface area contributed by atoms with Crippen LogP contribution in [0.25, 0.3) is 65.9 Å². The molecule has 0 aliphatic carbocycles. The van der Waals surface area contributed by atoms with E-state index in [-0.39, 0.29) is 0 Å². The van der Waals surface area contributed by atoms with Crippen LogP contribution in [0.4, 0.5) is 0 Å². The standard InChI is InChI=1S/C54H36N2Si2/c1-5-21-37(22-6-1)57(38-23-7-2-8-24-38)47-35-19-15-31-43(47)51-50-42-30-14-18-34-46(42)56-54(50)52(49-41-29-13-17-33-45(41)55(57)53(49)51)44-32-16-20-36-48(44)58(56,39-25-9-3-10-26-39)40-27-11-4-12-28-40/h1-36H. The molecule has 0 unspecified atom stereocenters. The van der Waals surface area contributed by atoms with Crippen molar-refractivity contribution in [2.24, 2.45) is 0 Å². The summed E-state index contributed by atoms with van der Waals surface area (Å²) in [6.45, 7) is 0. The molecular weight excluding hydrogens is 733 g/mol. The Hall–Kier alpha value is -6.99. The number of rotatable bonds is 4. The van der Waals surface area contributed by atoms with Crippen molar-refractivity contribution in [2.75, 3.05) is 0 Å². The first-order chi connectivity index (χ1) is 28.8. The van der Waals surface area contributed by atoms with Crippen LogP contribution in [0.3, 0.4) is 0 Å². The van der Waals surface area contributed by atoms with E-state index in [0.29, 0.717) is 0 Å². The van der Waals surface area contributed by atoms with E-state index in [1.165, 1.54) is 97.0 Å². The maximum absolute atomic E-state index is 2.99. The molecule has 0 radical (unpaired) electrons. The van der Waals surface area contributed by atoms with Crippen LogP contribution in [-0.2, 0) is 0 Å². The van der Waals surface area contributed by atoms with Gasteiger partial charge in [0, 0.05) is 43.7 Å². The van der Waals surface area contributed by atoms with Gasteiger partial charge >= 0.3 is 0 Å². The van der Waals surface area contributed by atoms with Crippen LogP contribution in [0.2, 0.25) is 0 Å². The minimum Gasteiger partial charge on any atom is -0.355 e. The molecule has 9 aromatic carbocycles. The topological polar surface area (TPSA) is 9.86 Å². The predicted octanol–water partition coefficient (Wildman–Crippen LogP) is 8.89. The van der Waals surface area contributed by atoms with E-state index in [4.69, 9.17) is 0 Å².